The Labute approximate surface area is 65.2 Å². The molecule has 0 saturated heterocycles. The summed E-state index contributed by atoms with van der Waals surface area (Å²) in [6, 6.07) is 0. The molecule has 0 aromatic carbocycles. The molecule has 0 amide bonds. The van der Waals surface area contributed by atoms with Crippen molar-refractivity contribution in [1.82, 2.24) is 0 Å². The standard InChI is InChI=1S/C4H8Br2O2/c5-3(6)1-2-4(7)8/h3-4,7-8H,1-2H2. The highest BCUT2D eigenvalue weighted by molar-refractivity contribution is 9.24. The van der Waals surface area contributed by atoms with Gasteiger partial charge in [0.2, 0.25) is 0 Å². The maximum absolute atomic E-state index is 8.32. The van der Waals surface area contributed by atoms with Crippen LogP contribution in [-0.4, -0.2) is 20.2 Å². The second-order valence-corrected chi connectivity index (χ2v) is 4.89. The highest BCUT2D eigenvalue weighted by Gasteiger charge is 2.00. The van der Waals surface area contributed by atoms with Gasteiger partial charge in [-0.05, 0) is 12.8 Å². The summed E-state index contributed by atoms with van der Waals surface area (Å²) in [4.78, 5) is 0. The van der Waals surface area contributed by atoms with Gasteiger partial charge in [0.15, 0.2) is 6.29 Å². The molecule has 0 bridgehead atoms. The molecule has 0 aliphatic rings. The Morgan fingerprint density at radius 2 is 1.62 bits per heavy atom. The normalized spacial score (nSPS) is 11.2. The molecule has 0 spiro atoms. The summed E-state index contributed by atoms with van der Waals surface area (Å²) >= 11 is 6.39. The molecule has 0 fully saturated rings. The predicted octanol–water partition coefficient (Wildman–Crippen LogP) is 1.19. The van der Waals surface area contributed by atoms with E-state index in [1.54, 1.807) is 0 Å². The summed E-state index contributed by atoms with van der Waals surface area (Å²) in [5, 5.41) is 16.6. The first-order valence-electron chi connectivity index (χ1n) is 2.27. The highest BCUT2D eigenvalue weighted by atomic mass is 79.9. The largest absolute Gasteiger partial charge is 0.368 e. The lowest BCUT2D eigenvalue weighted by Gasteiger charge is -2.01. The van der Waals surface area contributed by atoms with Crippen LogP contribution in [0, 0.1) is 0 Å². The van der Waals surface area contributed by atoms with Gasteiger partial charge in [0, 0.05) is 0 Å². The van der Waals surface area contributed by atoms with Crippen LogP contribution < -0.4 is 0 Å². The van der Waals surface area contributed by atoms with E-state index in [0.29, 0.717) is 6.42 Å². The number of halogens is 2. The summed E-state index contributed by atoms with van der Waals surface area (Å²) < 4.78 is 0.191. The van der Waals surface area contributed by atoms with Gasteiger partial charge < -0.3 is 10.2 Å². The molecule has 0 unspecified atom stereocenters. The molecule has 0 aliphatic heterocycles. The Balaban J connectivity index is 2.93. The Morgan fingerprint density at radius 1 is 1.12 bits per heavy atom. The number of rotatable bonds is 3. The van der Waals surface area contributed by atoms with Gasteiger partial charge in [-0.25, -0.2) is 0 Å². The minimum absolute atomic E-state index is 0.191. The van der Waals surface area contributed by atoms with E-state index >= 15 is 0 Å². The smallest absolute Gasteiger partial charge is 0.151 e. The summed E-state index contributed by atoms with van der Waals surface area (Å²) in [5.74, 6) is 0. The van der Waals surface area contributed by atoms with E-state index in [2.05, 4.69) is 31.9 Å². The predicted molar refractivity (Wildman–Crippen MR) is 39.1 cm³/mol. The maximum Gasteiger partial charge on any atom is 0.151 e. The molecule has 4 heteroatoms. The third-order valence-electron chi connectivity index (χ3n) is 0.643. The molecule has 0 aliphatic carbocycles. The minimum Gasteiger partial charge on any atom is -0.368 e. The van der Waals surface area contributed by atoms with Gasteiger partial charge in [-0.2, -0.15) is 0 Å². The lowest BCUT2D eigenvalue weighted by atomic mass is 10.3. The van der Waals surface area contributed by atoms with E-state index in [1.165, 1.54) is 0 Å². The highest BCUT2D eigenvalue weighted by Crippen LogP contribution is 2.14. The number of alkyl halides is 2. The first-order valence-corrected chi connectivity index (χ1v) is 4.10. The number of aliphatic hydroxyl groups is 2. The Bertz CT molecular complexity index is 48.0. The van der Waals surface area contributed by atoms with Gasteiger partial charge in [0.1, 0.15) is 0 Å². The quantitative estimate of drug-likeness (QED) is 0.581. The van der Waals surface area contributed by atoms with Crippen LogP contribution in [-0.2, 0) is 0 Å². The number of hydrogen-bond donors (Lipinski definition) is 2. The molecule has 0 heterocycles. The molecule has 0 atom stereocenters. The fraction of sp³-hybridized carbons (Fsp3) is 1.00. The van der Waals surface area contributed by atoms with E-state index in [4.69, 9.17) is 10.2 Å². The lowest BCUT2D eigenvalue weighted by Crippen LogP contribution is -2.04. The molecule has 2 nitrogen and oxygen atoms in total. The van der Waals surface area contributed by atoms with Crippen molar-refractivity contribution in [2.45, 2.75) is 22.9 Å². The third kappa shape index (κ3) is 6.88. The molecule has 0 aromatic rings. The van der Waals surface area contributed by atoms with E-state index in [0.717, 1.165) is 6.42 Å². The van der Waals surface area contributed by atoms with Crippen LogP contribution in [0.4, 0.5) is 0 Å². The topological polar surface area (TPSA) is 40.5 Å². The summed E-state index contributed by atoms with van der Waals surface area (Å²) in [5.41, 5.74) is 0. The van der Waals surface area contributed by atoms with Crippen LogP contribution >= 0.6 is 31.9 Å². The first kappa shape index (κ1) is 8.88. The van der Waals surface area contributed by atoms with Crippen molar-refractivity contribution in [2.75, 3.05) is 0 Å². The molecule has 0 saturated carbocycles. The van der Waals surface area contributed by atoms with Crippen LogP contribution in [0.2, 0.25) is 0 Å². The zero-order chi connectivity index (χ0) is 6.57. The van der Waals surface area contributed by atoms with E-state index in [9.17, 15) is 0 Å². The van der Waals surface area contributed by atoms with Crippen molar-refractivity contribution in [1.29, 1.82) is 0 Å². The van der Waals surface area contributed by atoms with Gasteiger partial charge in [-0.3, -0.25) is 0 Å². The van der Waals surface area contributed by atoms with Crippen molar-refractivity contribution in [2.24, 2.45) is 0 Å². The van der Waals surface area contributed by atoms with E-state index in [-0.39, 0.29) is 3.74 Å². The first-order chi connectivity index (χ1) is 3.63. The van der Waals surface area contributed by atoms with E-state index in [1.807, 2.05) is 0 Å². The van der Waals surface area contributed by atoms with Crippen LogP contribution in [0.3, 0.4) is 0 Å². The Kier molecular flexibility index (Phi) is 5.25. The van der Waals surface area contributed by atoms with Crippen LogP contribution in [0.1, 0.15) is 12.8 Å². The molecule has 0 rings (SSSR count). The zero-order valence-corrected chi connectivity index (χ0v) is 7.39. The molecular formula is C4H8Br2O2. The number of hydrogen-bond acceptors (Lipinski definition) is 2. The molecular weight excluding hydrogens is 240 g/mol. The Morgan fingerprint density at radius 3 is 1.75 bits per heavy atom. The second kappa shape index (κ2) is 4.73. The third-order valence-corrected chi connectivity index (χ3v) is 1.56. The monoisotopic (exact) mass is 246 g/mol. The fourth-order valence-electron chi connectivity index (χ4n) is 0.275. The lowest BCUT2D eigenvalue weighted by molar-refractivity contribution is -0.0453. The van der Waals surface area contributed by atoms with Crippen molar-refractivity contribution in [3.8, 4) is 0 Å². The van der Waals surface area contributed by atoms with Gasteiger partial charge in [0.25, 0.3) is 0 Å². The van der Waals surface area contributed by atoms with Crippen LogP contribution in [0.5, 0.6) is 0 Å². The van der Waals surface area contributed by atoms with Gasteiger partial charge in [-0.15, -0.1) is 0 Å². The summed E-state index contributed by atoms with van der Waals surface area (Å²) in [6.07, 6.45) is -0.0497. The average Bonchev–Trinajstić information content (AvgIpc) is 1.61. The second-order valence-electron chi connectivity index (χ2n) is 1.45. The summed E-state index contributed by atoms with van der Waals surface area (Å²) in [7, 11) is 0. The van der Waals surface area contributed by atoms with Crippen molar-refractivity contribution >= 4 is 31.9 Å². The molecule has 0 radical (unpaired) electrons. The molecule has 0 aromatic heterocycles. The van der Waals surface area contributed by atoms with Gasteiger partial charge in [-0.1, -0.05) is 31.9 Å². The summed E-state index contributed by atoms with van der Waals surface area (Å²) in [6.45, 7) is 0. The minimum atomic E-state index is -1.17. The van der Waals surface area contributed by atoms with Gasteiger partial charge >= 0.3 is 0 Å². The fourth-order valence-corrected chi connectivity index (χ4v) is 0.804. The number of aliphatic hydroxyl groups excluding tert-OH is 1. The van der Waals surface area contributed by atoms with Crippen molar-refractivity contribution in [3.05, 3.63) is 0 Å². The maximum atomic E-state index is 8.32. The molecule has 2 N–H and O–H groups in total. The Hall–Kier alpha value is 0.880. The SMILES string of the molecule is OC(O)CCC(Br)Br. The van der Waals surface area contributed by atoms with Gasteiger partial charge in [0.05, 0.1) is 3.74 Å². The van der Waals surface area contributed by atoms with Crippen molar-refractivity contribution < 1.29 is 10.2 Å². The van der Waals surface area contributed by atoms with Crippen LogP contribution in [0.25, 0.3) is 0 Å². The van der Waals surface area contributed by atoms with Crippen molar-refractivity contribution in [3.63, 3.8) is 0 Å². The molecule has 8 heavy (non-hydrogen) atoms. The zero-order valence-electron chi connectivity index (χ0n) is 4.22. The average molecular weight is 248 g/mol. The van der Waals surface area contributed by atoms with Crippen LogP contribution in [0.15, 0.2) is 0 Å². The molecule has 50 valence electrons. The van der Waals surface area contributed by atoms with E-state index < -0.39 is 6.29 Å².